The molecule has 0 saturated carbocycles. The van der Waals surface area contributed by atoms with Crippen LogP contribution in [0, 0.1) is 0 Å². The molecule has 11 heavy (non-hydrogen) atoms. The Hall–Kier alpha value is -1.18. The molecule has 0 amide bonds. The Kier molecular flexibility index (Phi) is 4.11. The van der Waals surface area contributed by atoms with Gasteiger partial charge in [-0.2, -0.15) is 0 Å². The number of ether oxygens (including phenoxy) is 1. The van der Waals surface area contributed by atoms with Gasteiger partial charge >= 0.3 is 0 Å². The Morgan fingerprint density at radius 2 is 2.09 bits per heavy atom. The molecule has 0 bridgehead atoms. The first-order valence-electron chi connectivity index (χ1n) is 3.40. The lowest BCUT2D eigenvalue weighted by Crippen LogP contribution is -1.91. The first kappa shape index (κ1) is 9.82. The van der Waals surface area contributed by atoms with E-state index in [2.05, 4.69) is 6.58 Å². The van der Waals surface area contributed by atoms with Crippen molar-refractivity contribution in [2.75, 3.05) is 7.11 Å². The summed E-state index contributed by atoms with van der Waals surface area (Å²) in [5.74, 6) is 0.822. The standard InChI is InChI=1S/C9H14O2/c1-5-8(10)7(3)9(6-2)11-4/h5-6,10H,2H2,1,3-4H3/b8-5+,9-7+. The monoisotopic (exact) mass is 154 g/mol. The summed E-state index contributed by atoms with van der Waals surface area (Å²) in [6.45, 7) is 7.08. The van der Waals surface area contributed by atoms with Crippen LogP contribution in [0.1, 0.15) is 13.8 Å². The van der Waals surface area contributed by atoms with E-state index in [-0.39, 0.29) is 5.76 Å². The molecule has 0 aromatic rings. The van der Waals surface area contributed by atoms with E-state index in [0.717, 1.165) is 0 Å². The molecule has 62 valence electrons. The fourth-order valence-corrected chi connectivity index (χ4v) is 0.732. The molecule has 0 aromatic heterocycles. The fourth-order valence-electron chi connectivity index (χ4n) is 0.732. The van der Waals surface area contributed by atoms with Crippen molar-refractivity contribution in [3.8, 4) is 0 Å². The second-order valence-electron chi connectivity index (χ2n) is 2.07. The highest BCUT2D eigenvalue weighted by Gasteiger charge is 2.01. The van der Waals surface area contributed by atoms with Crippen LogP contribution in [-0.4, -0.2) is 12.2 Å². The van der Waals surface area contributed by atoms with Crippen molar-refractivity contribution in [1.29, 1.82) is 0 Å². The summed E-state index contributed by atoms with van der Waals surface area (Å²) in [4.78, 5) is 0. The summed E-state index contributed by atoms with van der Waals surface area (Å²) < 4.78 is 4.94. The maximum Gasteiger partial charge on any atom is 0.124 e. The number of rotatable bonds is 3. The molecule has 0 rings (SSSR count). The third-order valence-electron chi connectivity index (χ3n) is 1.43. The largest absolute Gasteiger partial charge is 0.508 e. The third kappa shape index (κ3) is 2.50. The zero-order chi connectivity index (χ0) is 8.85. The molecular weight excluding hydrogens is 140 g/mol. The maximum atomic E-state index is 9.23. The van der Waals surface area contributed by atoms with Gasteiger partial charge in [0.2, 0.25) is 0 Å². The maximum absolute atomic E-state index is 9.23. The van der Waals surface area contributed by atoms with Gasteiger partial charge in [-0.3, -0.25) is 0 Å². The first-order valence-corrected chi connectivity index (χ1v) is 3.40. The van der Waals surface area contributed by atoms with Crippen molar-refractivity contribution in [2.24, 2.45) is 0 Å². The number of hydrogen-bond acceptors (Lipinski definition) is 2. The molecule has 0 spiro atoms. The lowest BCUT2D eigenvalue weighted by Gasteiger charge is -2.05. The summed E-state index contributed by atoms with van der Waals surface area (Å²) in [5, 5.41) is 9.23. The highest BCUT2D eigenvalue weighted by molar-refractivity contribution is 5.30. The molecule has 0 heterocycles. The summed E-state index contributed by atoms with van der Waals surface area (Å²) in [6, 6.07) is 0. The van der Waals surface area contributed by atoms with Gasteiger partial charge in [-0.05, 0) is 26.0 Å². The lowest BCUT2D eigenvalue weighted by atomic mass is 10.2. The number of methoxy groups -OCH3 is 1. The molecule has 0 fully saturated rings. The number of aliphatic hydroxyl groups excluding tert-OH is 1. The Balaban J connectivity index is 4.75. The van der Waals surface area contributed by atoms with Crippen molar-refractivity contribution in [1.82, 2.24) is 0 Å². The van der Waals surface area contributed by atoms with Gasteiger partial charge in [0, 0.05) is 5.57 Å². The summed E-state index contributed by atoms with van der Waals surface area (Å²) in [6.07, 6.45) is 3.17. The van der Waals surface area contributed by atoms with Crippen LogP contribution in [0.2, 0.25) is 0 Å². The lowest BCUT2D eigenvalue weighted by molar-refractivity contribution is 0.297. The van der Waals surface area contributed by atoms with Crippen molar-refractivity contribution in [2.45, 2.75) is 13.8 Å². The molecular formula is C9H14O2. The van der Waals surface area contributed by atoms with E-state index in [1.165, 1.54) is 0 Å². The zero-order valence-electron chi connectivity index (χ0n) is 7.22. The van der Waals surface area contributed by atoms with Gasteiger partial charge in [0.15, 0.2) is 0 Å². The summed E-state index contributed by atoms with van der Waals surface area (Å²) in [5.41, 5.74) is 0.699. The minimum Gasteiger partial charge on any atom is -0.508 e. The van der Waals surface area contributed by atoms with E-state index in [1.54, 1.807) is 33.1 Å². The normalized spacial score (nSPS) is 13.9. The minimum atomic E-state index is 0.224. The highest BCUT2D eigenvalue weighted by Crippen LogP contribution is 2.12. The Labute approximate surface area is 67.5 Å². The Morgan fingerprint density at radius 1 is 1.55 bits per heavy atom. The van der Waals surface area contributed by atoms with Gasteiger partial charge in [0.05, 0.1) is 7.11 Å². The van der Waals surface area contributed by atoms with E-state index >= 15 is 0 Å². The van der Waals surface area contributed by atoms with Gasteiger partial charge in [-0.1, -0.05) is 6.58 Å². The molecule has 1 N–H and O–H groups in total. The molecule has 0 aliphatic heterocycles. The molecule has 2 heteroatoms. The smallest absolute Gasteiger partial charge is 0.124 e. The van der Waals surface area contributed by atoms with Crippen LogP contribution in [0.25, 0.3) is 0 Å². The Bertz CT molecular complexity index is 200. The average molecular weight is 154 g/mol. The second-order valence-corrected chi connectivity index (χ2v) is 2.07. The van der Waals surface area contributed by atoms with Crippen LogP contribution >= 0.6 is 0 Å². The van der Waals surface area contributed by atoms with Crippen LogP contribution < -0.4 is 0 Å². The topological polar surface area (TPSA) is 29.5 Å². The molecule has 0 saturated heterocycles. The van der Waals surface area contributed by atoms with Gasteiger partial charge in [-0.25, -0.2) is 0 Å². The molecule has 0 aliphatic carbocycles. The van der Waals surface area contributed by atoms with Gasteiger partial charge in [0.25, 0.3) is 0 Å². The molecule has 0 atom stereocenters. The summed E-state index contributed by atoms with van der Waals surface area (Å²) >= 11 is 0. The van der Waals surface area contributed by atoms with Crippen LogP contribution in [0.15, 0.2) is 35.8 Å². The fraction of sp³-hybridized carbons (Fsp3) is 0.333. The van der Waals surface area contributed by atoms with E-state index in [9.17, 15) is 5.11 Å². The average Bonchev–Trinajstić information content (AvgIpc) is 2.05. The second kappa shape index (κ2) is 4.61. The van der Waals surface area contributed by atoms with E-state index in [0.29, 0.717) is 11.3 Å². The van der Waals surface area contributed by atoms with E-state index in [1.807, 2.05) is 0 Å². The van der Waals surface area contributed by atoms with E-state index < -0.39 is 0 Å². The van der Waals surface area contributed by atoms with Crippen LogP contribution in [-0.2, 0) is 4.74 Å². The summed E-state index contributed by atoms with van der Waals surface area (Å²) in [7, 11) is 1.55. The Morgan fingerprint density at radius 3 is 2.36 bits per heavy atom. The molecule has 0 aromatic carbocycles. The van der Waals surface area contributed by atoms with Crippen molar-refractivity contribution >= 4 is 0 Å². The molecule has 2 nitrogen and oxygen atoms in total. The van der Waals surface area contributed by atoms with Crippen LogP contribution in [0.3, 0.4) is 0 Å². The number of aliphatic hydroxyl groups is 1. The predicted octanol–water partition coefficient (Wildman–Crippen LogP) is 2.55. The van der Waals surface area contributed by atoms with Crippen molar-refractivity contribution < 1.29 is 9.84 Å². The number of hydrogen-bond donors (Lipinski definition) is 1. The molecule has 0 unspecified atom stereocenters. The zero-order valence-corrected chi connectivity index (χ0v) is 7.22. The van der Waals surface area contributed by atoms with Gasteiger partial charge < -0.3 is 9.84 Å². The predicted molar refractivity (Wildman–Crippen MR) is 46.3 cm³/mol. The highest BCUT2D eigenvalue weighted by atomic mass is 16.5. The number of allylic oxidation sites excluding steroid dienone is 3. The van der Waals surface area contributed by atoms with E-state index in [4.69, 9.17) is 4.74 Å². The third-order valence-corrected chi connectivity index (χ3v) is 1.43. The van der Waals surface area contributed by atoms with Crippen molar-refractivity contribution in [3.63, 3.8) is 0 Å². The van der Waals surface area contributed by atoms with Gasteiger partial charge in [-0.15, -0.1) is 0 Å². The minimum absolute atomic E-state index is 0.224. The van der Waals surface area contributed by atoms with Gasteiger partial charge in [0.1, 0.15) is 11.5 Å². The molecule has 0 radical (unpaired) electrons. The first-order chi connectivity index (χ1) is 5.17. The molecule has 0 aliphatic rings. The SMILES string of the molecule is C=C/C(OC)=C(C)\C(O)=C/C. The van der Waals surface area contributed by atoms with Crippen LogP contribution in [0.5, 0.6) is 0 Å². The van der Waals surface area contributed by atoms with Crippen LogP contribution in [0.4, 0.5) is 0 Å². The quantitative estimate of drug-likeness (QED) is 0.500. The van der Waals surface area contributed by atoms with Crippen molar-refractivity contribution in [3.05, 3.63) is 35.8 Å².